The van der Waals surface area contributed by atoms with Crippen molar-refractivity contribution in [3.63, 3.8) is 0 Å². The molecule has 0 fully saturated rings. The molecular weight excluding hydrogens is 194 g/mol. The van der Waals surface area contributed by atoms with Gasteiger partial charge in [0.1, 0.15) is 0 Å². The van der Waals surface area contributed by atoms with E-state index in [0.717, 1.165) is 26.1 Å². The predicted octanol–water partition coefficient (Wildman–Crippen LogP) is 1.34. The van der Waals surface area contributed by atoms with Gasteiger partial charge in [-0.25, -0.2) is 0 Å². The van der Waals surface area contributed by atoms with E-state index in [1.165, 1.54) is 0 Å². The van der Waals surface area contributed by atoms with Gasteiger partial charge >= 0.3 is 5.97 Å². The molecule has 0 aliphatic rings. The fourth-order valence-corrected chi connectivity index (χ4v) is 1.08. The van der Waals surface area contributed by atoms with E-state index < -0.39 is 0 Å². The summed E-state index contributed by atoms with van der Waals surface area (Å²) in [7, 11) is 0. The van der Waals surface area contributed by atoms with Crippen molar-refractivity contribution in [2.45, 2.75) is 39.7 Å². The van der Waals surface area contributed by atoms with Crippen LogP contribution in [0.2, 0.25) is 0 Å². The molecule has 0 unspecified atom stereocenters. The van der Waals surface area contributed by atoms with Crippen LogP contribution in [0.4, 0.5) is 0 Å². The molecule has 0 heterocycles. The first-order valence-corrected chi connectivity index (χ1v) is 5.64. The van der Waals surface area contributed by atoms with Crippen molar-refractivity contribution in [1.82, 2.24) is 5.32 Å². The second-order valence-corrected chi connectivity index (χ2v) is 3.58. The molecule has 0 aromatic rings. The largest absolute Gasteiger partial charge is 0.466 e. The summed E-state index contributed by atoms with van der Waals surface area (Å²) in [6.07, 6.45) is 1.60. The summed E-state index contributed by atoms with van der Waals surface area (Å²) >= 11 is 0. The molecule has 4 nitrogen and oxygen atoms in total. The van der Waals surface area contributed by atoms with Crippen molar-refractivity contribution < 1.29 is 14.3 Å². The molecule has 0 rings (SSSR count). The van der Waals surface area contributed by atoms with E-state index in [1.54, 1.807) is 0 Å². The van der Waals surface area contributed by atoms with Crippen LogP contribution in [0.5, 0.6) is 0 Å². The second kappa shape index (κ2) is 9.93. The lowest BCUT2D eigenvalue weighted by molar-refractivity contribution is -0.143. The third-order valence-electron chi connectivity index (χ3n) is 1.77. The first kappa shape index (κ1) is 14.4. The van der Waals surface area contributed by atoms with E-state index in [9.17, 15) is 4.79 Å². The van der Waals surface area contributed by atoms with Gasteiger partial charge in [0, 0.05) is 13.0 Å². The maximum Gasteiger partial charge on any atom is 0.305 e. The highest BCUT2D eigenvalue weighted by atomic mass is 16.5. The summed E-state index contributed by atoms with van der Waals surface area (Å²) in [4.78, 5) is 10.9. The zero-order valence-corrected chi connectivity index (χ0v) is 10.0. The van der Waals surface area contributed by atoms with Crippen LogP contribution in [0.3, 0.4) is 0 Å². The minimum atomic E-state index is -0.113. The summed E-state index contributed by atoms with van der Waals surface area (Å²) in [6.45, 7) is 8.70. The van der Waals surface area contributed by atoms with Crippen LogP contribution in [0.15, 0.2) is 0 Å². The van der Waals surface area contributed by atoms with E-state index in [-0.39, 0.29) is 12.1 Å². The highest BCUT2D eigenvalue weighted by Crippen LogP contribution is 1.91. The first-order valence-electron chi connectivity index (χ1n) is 5.64. The molecule has 0 aromatic carbocycles. The smallest absolute Gasteiger partial charge is 0.305 e. The van der Waals surface area contributed by atoms with Gasteiger partial charge in [-0.3, -0.25) is 4.79 Å². The Balaban J connectivity index is 3.08. The van der Waals surface area contributed by atoms with E-state index in [2.05, 4.69) is 5.32 Å². The number of hydrogen-bond acceptors (Lipinski definition) is 4. The molecule has 15 heavy (non-hydrogen) atoms. The maximum absolute atomic E-state index is 10.9. The van der Waals surface area contributed by atoms with Gasteiger partial charge in [0.25, 0.3) is 0 Å². The third kappa shape index (κ3) is 11.3. The Kier molecular flexibility index (Phi) is 9.52. The average Bonchev–Trinajstić information content (AvgIpc) is 2.16. The molecule has 0 radical (unpaired) electrons. The Labute approximate surface area is 92.3 Å². The zero-order chi connectivity index (χ0) is 11.5. The summed E-state index contributed by atoms with van der Waals surface area (Å²) in [5, 5.41) is 3.21. The fourth-order valence-electron chi connectivity index (χ4n) is 1.08. The Bertz CT molecular complexity index is 160. The van der Waals surface area contributed by atoms with Crippen molar-refractivity contribution in [3.8, 4) is 0 Å². The van der Waals surface area contributed by atoms with Crippen molar-refractivity contribution in [2.75, 3.05) is 26.3 Å². The molecule has 0 saturated heterocycles. The molecule has 90 valence electrons. The predicted molar refractivity (Wildman–Crippen MR) is 59.8 cm³/mol. The third-order valence-corrected chi connectivity index (χ3v) is 1.77. The molecule has 0 atom stereocenters. The van der Waals surface area contributed by atoms with E-state index in [1.807, 2.05) is 20.8 Å². The number of carbonyl (C=O) groups excluding carboxylic acids is 1. The van der Waals surface area contributed by atoms with Crippen LogP contribution in [0.1, 0.15) is 33.6 Å². The Morgan fingerprint density at radius 1 is 1.33 bits per heavy atom. The SMILES string of the molecule is CCOC(=O)CCCNCCOC(C)C. The highest BCUT2D eigenvalue weighted by molar-refractivity contribution is 5.69. The molecule has 1 N–H and O–H groups in total. The monoisotopic (exact) mass is 217 g/mol. The second-order valence-electron chi connectivity index (χ2n) is 3.58. The standard InChI is InChI=1S/C11H23NO3/c1-4-14-11(13)6-5-7-12-8-9-15-10(2)3/h10,12H,4-9H2,1-3H3. The molecule has 0 spiro atoms. The molecular formula is C11H23NO3. The lowest BCUT2D eigenvalue weighted by Crippen LogP contribution is -2.23. The number of nitrogens with one attached hydrogen (secondary N) is 1. The normalized spacial score (nSPS) is 10.7. The topological polar surface area (TPSA) is 47.6 Å². The lowest BCUT2D eigenvalue weighted by atomic mass is 10.3. The van der Waals surface area contributed by atoms with Gasteiger partial charge in [-0.05, 0) is 33.7 Å². The molecule has 0 aliphatic carbocycles. The Morgan fingerprint density at radius 3 is 2.67 bits per heavy atom. The summed E-state index contributed by atoms with van der Waals surface area (Å²) in [5.41, 5.74) is 0. The average molecular weight is 217 g/mol. The Hall–Kier alpha value is -0.610. The number of carbonyl (C=O) groups is 1. The van der Waals surface area contributed by atoms with Crippen LogP contribution < -0.4 is 5.32 Å². The molecule has 0 amide bonds. The number of ether oxygens (including phenoxy) is 2. The molecule has 0 aliphatic heterocycles. The maximum atomic E-state index is 10.9. The van der Waals surface area contributed by atoms with E-state index >= 15 is 0 Å². The lowest BCUT2D eigenvalue weighted by Gasteiger charge is -2.08. The van der Waals surface area contributed by atoms with Gasteiger partial charge in [0.2, 0.25) is 0 Å². The molecule has 0 saturated carbocycles. The first-order chi connectivity index (χ1) is 7.16. The minimum absolute atomic E-state index is 0.113. The van der Waals surface area contributed by atoms with Gasteiger partial charge < -0.3 is 14.8 Å². The summed E-state index contributed by atoms with van der Waals surface area (Å²) < 4.78 is 10.2. The summed E-state index contributed by atoms with van der Waals surface area (Å²) in [6, 6.07) is 0. The van der Waals surface area contributed by atoms with Crippen molar-refractivity contribution in [3.05, 3.63) is 0 Å². The molecule has 0 bridgehead atoms. The van der Waals surface area contributed by atoms with E-state index in [4.69, 9.17) is 9.47 Å². The van der Waals surface area contributed by atoms with Crippen LogP contribution in [-0.4, -0.2) is 38.4 Å². The summed E-state index contributed by atoms with van der Waals surface area (Å²) in [5.74, 6) is -0.113. The van der Waals surface area contributed by atoms with Crippen LogP contribution in [-0.2, 0) is 14.3 Å². The number of rotatable bonds is 9. The van der Waals surface area contributed by atoms with Crippen LogP contribution in [0.25, 0.3) is 0 Å². The fraction of sp³-hybridized carbons (Fsp3) is 0.909. The van der Waals surface area contributed by atoms with Gasteiger partial charge in [-0.1, -0.05) is 0 Å². The van der Waals surface area contributed by atoms with E-state index in [0.29, 0.717) is 13.0 Å². The molecule has 0 aromatic heterocycles. The Morgan fingerprint density at radius 2 is 2.07 bits per heavy atom. The van der Waals surface area contributed by atoms with Crippen LogP contribution in [0, 0.1) is 0 Å². The number of esters is 1. The zero-order valence-electron chi connectivity index (χ0n) is 10.0. The van der Waals surface area contributed by atoms with Crippen molar-refractivity contribution in [1.29, 1.82) is 0 Å². The van der Waals surface area contributed by atoms with Gasteiger partial charge in [0.05, 0.1) is 19.3 Å². The van der Waals surface area contributed by atoms with Gasteiger partial charge in [-0.2, -0.15) is 0 Å². The number of hydrogen-bond donors (Lipinski definition) is 1. The minimum Gasteiger partial charge on any atom is -0.466 e. The molecule has 4 heteroatoms. The quantitative estimate of drug-likeness (QED) is 0.468. The van der Waals surface area contributed by atoms with Crippen molar-refractivity contribution in [2.24, 2.45) is 0 Å². The van der Waals surface area contributed by atoms with Crippen LogP contribution >= 0.6 is 0 Å². The highest BCUT2D eigenvalue weighted by Gasteiger charge is 2.00. The van der Waals surface area contributed by atoms with Crippen molar-refractivity contribution >= 4 is 5.97 Å². The van der Waals surface area contributed by atoms with Gasteiger partial charge in [-0.15, -0.1) is 0 Å². The van der Waals surface area contributed by atoms with Gasteiger partial charge in [0.15, 0.2) is 0 Å².